The molecule has 1 aromatic carbocycles. The van der Waals surface area contributed by atoms with Crippen LogP contribution >= 0.6 is 12.4 Å². The molecule has 0 aromatic heterocycles. The fourth-order valence-corrected chi connectivity index (χ4v) is 2.76. The van der Waals surface area contributed by atoms with Crippen molar-refractivity contribution < 1.29 is 9.53 Å². The fourth-order valence-electron chi connectivity index (χ4n) is 2.76. The van der Waals surface area contributed by atoms with Gasteiger partial charge in [0.2, 0.25) is 0 Å². The minimum absolute atomic E-state index is 0. The van der Waals surface area contributed by atoms with Crippen LogP contribution in [0.25, 0.3) is 0 Å². The minimum atomic E-state index is -0.172. The van der Waals surface area contributed by atoms with Crippen molar-refractivity contribution in [2.24, 2.45) is 11.1 Å². The molecular formula is C16H25ClN2O2. The Morgan fingerprint density at radius 3 is 2.33 bits per heavy atom. The Morgan fingerprint density at radius 2 is 1.90 bits per heavy atom. The van der Waals surface area contributed by atoms with Gasteiger partial charge in [-0.2, -0.15) is 0 Å². The molecule has 0 heterocycles. The summed E-state index contributed by atoms with van der Waals surface area (Å²) >= 11 is 0. The number of carbonyl (C=O) groups excluding carboxylic acids is 1. The van der Waals surface area contributed by atoms with Gasteiger partial charge in [0.05, 0.1) is 5.60 Å². The van der Waals surface area contributed by atoms with E-state index in [1.807, 2.05) is 24.3 Å². The summed E-state index contributed by atoms with van der Waals surface area (Å²) in [6, 6.07) is 7.55. The first-order valence-electron chi connectivity index (χ1n) is 6.99. The predicted molar refractivity (Wildman–Crippen MR) is 86.6 cm³/mol. The summed E-state index contributed by atoms with van der Waals surface area (Å²) in [5.41, 5.74) is 7.00. The van der Waals surface area contributed by atoms with Gasteiger partial charge in [-0.05, 0) is 31.0 Å². The Morgan fingerprint density at radius 1 is 1.33 bits per heavy atom. The topological polar surface area (TPSA) is 64.3 Å². The lowest BCUT2D eigenvalue weighted by Gasteiger charge is -2.59. The number of carbonyl (C=O) groups is 1. The maximum atomic E-state index is 12.3. The summed E-state index contributed by atoms with van der Waals surface area (Å²) in [6.07, 6.45) is 0.836. The quantitative estimate of drug-likeness (QED) is 0.898. The number of amides is 1. The summed E-state index contributed by atoms with van der Waals surface area (Å²) in [6.45, 7) is 6.83. The van der Waals surface area contributed by atoms with Crippen LogP contribution in [0.1, 0.15) is 43.1 Å². The third kappa shape index (κ3) is 3.07. The standard InChI is InChI=1S/C16H24N2O2.ClH/c1-15(2)13(9-16(15,3)20-4)18-14(19)12-7-5-11(10-17)6-8-12;/h5-8,13H,9-10,17H2,1-4H3,(H,18,19);1H. The molecule has 1 aliphatic carbocycles. The van der Waals surface area contributed by atoms with Gasteiger partial charge < -0.3 is 15.8 Å². The zero-order valence-electron chi connectivity index (χ0n) is 13.1. The van der Waals surface area contributed by atoms with Gasteiger partial charge in [0.1, 0.15) is 0 Å². The molecule has 118 valence electrons. The van der Waals surface area contributed by atoms with Gasteiger partial charge in [0, 0.05) is 30.7 Å². The van der Waals surface area contributed by atoms with E-state index in [4.69, 9.17) is 10.5 Å². The predicted octanol–water partition coefficient (Wildman–Crippen LogP) is 2.50. The molecule has 1 fully saturated rings. The molecular weight excluding hydrogens is 288 g/mol. The molecule has 0 spiro atoms. The highest BCUT2D eigenvalue weighted by atomic mass is 35.5. The summed E-state index contributed by atoms with van der Waals surface area (Å²) in [5, 5.41) is 3.10. The Bertz CT molecular complexity index is 502. The number of hydrogen-bond acceptors (Lipinski definition) is 3. The van der Waals surface area contributed by atoms with Crippen molar-refractivity contribution in [2.75, 3.05) is 7.11 Å². The average molecular weight is 313 g/mol. The van der Waals surface area contributed by atoms with Gasteiger partial charge >= 0.3 is 0 Å². The smallest absolute Gasteiger partial charge is 0.251 e. The van der Waals surface area contributed by atoms with Gasteiger partial charge in [0.15, 0.2) is 0 Å². The maximum Gasteiger partial charge on any atom is 0.251 e. The number of hydrogen-bond donors (Lipinski definition) is 2. The normalized spacial score (nSPS) is 26.4. The van der Waals surface area contributed by atoms with Crippen molar-refractivity contribution in [1.29, 1.82) is 0 Å². The summed E-state index contributed by atoms with van der Waals surface area (Å²) in [4.78, 5) is 12.3. The molecule has 1 aromatic rings. The van der Waals surface area contributed by atoms with E-state index < -0.39 is 0 Å². The molecule has 3 N–H and O–H groups in total. The second-order valence-electron chi connectivity index (χ2n) is 6.29. The first kappa shape index (κ1) is 18.0. The van der Waals surface area contributed by atoms with Crippen LogP contribution in [0.5, 0.6) is 0 Å². The average Bonchev–Trinajstić information content (AvgIpc) is 2.46. The molecule has 2 unspecified atom stereocenters. The van der Waals surface area contributed by atoms with E-state index in [9.17, 15) is 4.79 Å². The molecule has 5 heteroatoms. The van der Waals surface area contributed by atoms with Crippen LogP contribution in [0.2, 0.25) is 0 Å². The highest BCUT2D eigenvalue weighted by Crippen LogP contribution is 2.51. The number of methoxy groups -OCH3 is 1. The van der Waals surface area contributed by atoms with Crippen molar-refractivity contribution in [1.82, 2.24) is 5.32 Å². The van der Waals surface area contributed by atoms with E-state index in [1.165, 1.54) is 0 Å². The van der Waals surface area contributed by atoms with E-state index >= 15 is 0 Å². The molecule has 0 aliphatic heterocycles. The van der Waals surface area contributed by atoms with Gasteiger partial charge in [-0.3, -0.25) is 4.79 Å². The Hall–Kier alpha value is -1.10. The van der Waals surface area contributed by atoms with Crippen molar-refractivity contribution in [3.8, 4) is 0 Å². The largest absolute Gasteiger partial charge is 0.378 e. The number of ether oxygens (including phenoxy) is 1. The van der Waals surface area contributed by atoms with Gasteiger partial charge in [-0.25, -0.2) is 0 Å². The number of rotatable bonds is 4. The Balaban J connectivity index is 0.00000220. The lowest BCUT2D eigenvalue weighted by Crippen LogP contribution is -2.68. The van der Waals surface area contributed by atoms with Crippen molar-refractivity contribution in [3.05, 3.63) is 35.4 Å². The molecule has 0 bridgehead atoms. The molecule has 1 amide bonds. The number of halogens is 1. The van der Waals surface area contributed by atoms with Gasteiger partial charge in [0.25, 0.3) is 5.91 Å². The molecule has 0 saturated heterocycles. The Labute approximate surface area is 132 Å². The first-order chi connectivity index (χ1) is 9.34. The fraction of sp³-hybridized carbons (Fsp3) is 0.562. The summed E-state index contributed by atoms with van der Waals surface area (Å²) in [5.74, 6) is -0.0372. The first-order valence-corrected chi connectivity index (χ1v) is 6.99. The monoisotopic (exact) mass is 312 g/mol. The number of benzene rings is 1. The second-order valence-corrected chi connectivity index (χ2v) is 6.29. The lowest BCUT2D eigenvalue weighted by molar-refractivity contribution is -0.177. The highest BCUT2D eigenvalue weighted by molar-refractivity contribution is 5.94. The van der Waals surface area contributed by atoms with Crippen LogP contribution in [0.4, 0.5) is 0 Å². The van der Waals surface area contributed by atoms with Gasteiger partial charge in [-0.15, -0.1) is 12.4 Å². The van der Waals surface area contributed by atoms with E-state index in [0.717, 1.165) is 12.0 Å². The van der Waals surface area contributed by atoms with E-state index in [-0.39, 0.29) is 35.4 Å². The third-order valence-electron chi connectivity index (χ3n) is 5.04. The zero-order chi connectivity index (χ0) is 15.0. The molecule has 4 nitrogen and oxygen atoms in total. The lowest BCUT2D eigenvalue weighted by atomic mass is 9.56. The number of nitrogens with two attached hydrogens (primary N) is 1. The molecule has 1 aliphatic rings. The van der Waals surface area contributed by atoms with Crippen LogP contribution in [0, 0.1) is 5.41 Å². The second kappa shape index (κ2) is 6.34. The van der Waals surface area contributed by atoms with E-state index in [1.54, 1.807) is 7.11 Å². The molecule has 2 atom stereocenters. The van der Waals surface area contributed by atoms with Crippen molar-refractivity contribution >= 4 is 18.3 Å². The summed E-state index contributed by atoms with van der Waals surface area (Å²) < 4.78 is 5.57. The van der Waals surface area contributed by atoms with Crippen molar-refractivity contribution in [3.63, 3.8) is 0 Å². The van der Waals surface area contributed by atoms with Crippen LogP contribution in [0.15, 0.2) is 24.3 Å². The van der Waals surface area contributed by atoms with Gasteiger partial charge in [-0.1, -0.05) is 26.0 Å². The highest BCUT2D eigenvalue weighted by Gasteiger charge is 2.58. The Kier molecular flexibility index (Phi) is 5.42. The minimum Gasteiger partial charge on any atom is -0.378 e. The third-order valence-corrected chi connectivity index (χ3v) is 5.04. The van der Waals surface area contributed by atoms with Crippen LogP contribution in [0.3, 0.4) is 0 Å². The molecule has 21 heavy (non-hydrogen) atoms. The number of nitrogens with one attached hydrogen (secondary N) is 1. The van der Waals surface area contributed by atoms with Crippen LogP contribution < -0.4 is 11.1 Å². The van der Waals surface area contributed by atoms with Crippen LogP contribution in [-0.2, 0) is 11.3 Å². The molecule has 1 saturated carbocycles. The molecule has 2 rings (SSSR count). The van der Waals surface area contributed by atoms with E-state index in [0.29, 0.717) is 12.1 Å². The maximum absolute atomic E-state index is 12.3. The zero-order valence-corrected chi connectivity index (χ0v) is 13.9. The van der Waals surface area contributed by atoms with E-state index in [2.05, 4.69) is 26.1 Å². The SMILES string of the molecule is COC1(C)CC(NC(=O)c2ccc(CN)cc2)C1(C)C.Cl. The van der Waals surface area contributed by atoms with Crippen molar-refractivity contribution in [2.45, 2.75) is 45.4 Å². The summed E-state index contributed by atoms with van der Waals surface area (Å²) in [7, 11) is 1.73. The van der Waals surface area contributed by atoms with Crippen LogP contribution in [-0.4, -0.2) is 24.7 Å². The molecule has 0 radical (unpaired) electrons.